The highest BCUT2D eigenvalue weighted by atomic mass is 16.6. The monoisotopic (exact) mass is 381 g/mol. The molecule has 0 radical (unpaired) electrons. The van der Waals surface area contributed by atoms with Crippen LogP contribution in [-0.4, -0.2) is 27.1 Å². The molecule has 7 nitrogen and oxygen atoms in total. The molecule has 0 aliphatic heterocycles. The van der Waals surface area contributed by atoms with Crippen LogP contribution in [-0.2, 0) is 21.7 Å². The first-order valence-corrected chi connectivity index (χ1v) is 9.02. The molecule has 1 heterocycles. The molecule has 146 valence electrons. The van der Waals surface area contributed by atoms with Crippen LogP contribution >= 0.6 is 0 Å². The van der Waals surface area contributed by atoms with Crippen LogP contribution in [0.5, 0.6) is 5.75 Å². The Morgan fingerprint density at radius 3 is 2.46 bits per heavy atom. The molecule has 0 saturated heterocycles. The van der Waals surface area contributed by atoms with E-state index in [1.54, 1.807) is 31.2 Å². The van der Waals surface area contributed by atoms with E-state index in [-0.39, 0.29) is 17.7 Å². The fourth-order valence-corrected chi connectivity index (χ4v) is 2.64. The Kier molecular flexibility index (Phi) is 5.44. The number of hydrogen-bond acceptors (Lipinski definition) is 6. The highest BCUT2D eigenvalue weighted by molar-refractivity contribution is 5.76. The van der Waals surface area contributed by atoms with Crippen LogP contribution in [0.15, 0.2) is 53.3 Å². The van der Waals surface area contributed by atoms with Crippen molar-refractivity contribution in [2.75, 3.05) is 0 Å². The summed E-state index contributed by atoms with van der Waals surface area (Å²) in [7, 11) is 0. The Bertz CT molecular complexity index is 1040. The SMILES string of the molecule is C[C@H](Oc1ccc(C(C)(C)C)cc1)C(=O)OCn1nnc2ccccc2c1=O. The fraction of sp³-hybridized carbons (Fsp3) is 0.333. The summed E-state index contributed by atoms with van der Waals surface area (Å²) >= 11 is 0. The highest BCUT2D eigenvalue weighted by Crippen LogP contribution is 2.24. The standard InChI is InChI=1S/C21H23N3O4/c1-14(28-16-11-9-15(10-12-16)21(2,3)4)20(26)27-13-24-19(25)17-7-5-6-8-18(17)22-23-24/h5-12,14H,13H2,1-4H3/t14-/m0/s1. The van der Waals surface area contributed by atoms with E-state index in [0.717, 1.165) is 4.68 Å². The molecule has 0 bridgehead atoms. The van der Waals surface area contributed by atoms with Crippen LogP contribution in [0.1, 0.15) is 33.3 Å². The van der Waals surface area contributed by atoms with Crippen molar-refractivity contribution >= 4 is 16.9 Å². The zero-order chi connectivity index (χ0) is 20.3. The van der Waals surface area contributed by atoms with Gasteiger partial charge in [0.25, 0.3) is 5.56 Å². The summed E-state index contributed by atoms with van der Waals surface area (Å²) < 4.78 is 11.8. The Hall–Kier alpha value is -3.22. The number of hydrogen-bond donors (Lipinski definition) is 0. The lowest BCUT2D eigenvalue weighted by atomic mass is 9.87. The van der Waals surface area contributed by atoms with Gasteiger partial charge in [-0.25, -0.2) is 4.79 Å². The molecule has 0 amide bonds. The molecule has 0 unspecified atom stereocenters. The predicted molar refractivity (Wildman–Crippen MR) is 105 cm³/mol. The molecule has 0 fully saturated rings. The molecule has 3 rings (SSSR count). The Morgan fingerprint density at radius 1 is 1.11 bits per heavy atom. The van der Waals surface area contributed by atoms with Gasteiger partial charge in [0.1, 0.15) is 11.3 Å². The van der Waals surface area contributed by atoms with E-state index in [0.29, 0.717) is 16.7 Å². The quantitative estimate of drug-likeness (QED) is 0.632. The van der Waals surface area contributed by atoms with Crippen LogP contribution < -0.4 is 10.3 Å². The number of nitrogens with zero attached hydrogens (tertiary/aromatic N) is 3. The van der Waals surface area contributed by atoms with Crippen LogP contribution in [0, 0.1) is 0 Å². The van der Waals surface area contributed by atoms with Gasteiger partial charge in [-0.2, -0.15) is 4.68 Å². The summed E-state index contributed by atoms with van der Waals surface area (Å²) in [5.74, 6) is -0.0260. The van der Waals surface area contributed by atoms with Gasteiger partial charge >= 0.3 is 5.97 Å². The molecule has 7 heteroatoms. The second-order valence-corrected chi connectivity index (χ2v) is 7.54. The van der Waals surface area contributed by atoms with Crippen molar-refractivity contribution in [2.24, 2.45) is 0 Å². The lowest BCUT2D eigenvalue weighted by Gasteiger charge is -2.20. The van der Waals surface area contributed by atoms with Gasteiger partial charge in [-0.3, -0.25) is 4.79 Å². The summed E-state index contributed by atoms with van der Waals surface area (Å²) in [6, 6.07) is 14.4. The maximum atomic E-state index is 12.4. The van der Waals surface area contributed by atoms with Gasteiger partial charge in [0, 0.05) is 0 Å². The summed E-state index contributed by atoms with van der Waals surface area (Å²) in [4.78, 5) is 24.6. The van der Waals surface area contributed by atoms with Crippen molar-refractivity contribution in [1.29, 1.82) is 0 Å². The van der Waals surface area contributed by atoms with E-state index in [1.807, 2.05) is 24.3 Å². The molecule has 28 heavy (non-hydrogen) atoms. The van der Waals surface area contributed by atoms with Gasteiger partial charge in [-0.1, -0.05) is 50.3 Å². The smallest absolute Gasteiger partial charge is 0.348 e. The average molecular weight is 381 g/mol. The molecular weight excluding hydrogens is 358 g/mol. The number of aromatic nitrogens is 3. The number of carbonyl (C=O) groups excluding carboxylic acids is 1. The number of esters is 1. The summed E-state index contributed by atoms with van der Waals surface area (Å²) in [6.45, 7) is 7.64. The normalized spacial score (nSPS) is 12.6. The zero-order valence-corrected chi connectivity index (χ0v) is 16.4. The van der Waals surface area contributed by atoms with E-state index in [9.17, 15) is 9.59 Å². The van der Waals surface area contributed by atoms with Crippen molar-refractivity contribution in [3.63, 3.8) is 0 Å². The fourth-order valence-electron chi connectivity index (χ4n) is 2.64. The zero-order valence-electron chi connectivity index (χ0n) is 16.4. The average Bonchev–Trinajstić information content (AvgIpc) is 2.67. The van der Waals surface area contributed by atoms with E-state index in [4.69, 9.17) is 9.47 Å². The number of carbonyl (C=O) groups is 1. The molecule has 1 aromatic heterocycles. The van der Waals surface area contributed by atoms with E-state index >= 15 is 0 Å². The molecule has 3 aromatic rings. The van der Waals surface area contributed by atoms with Gasteiger partial charge in [0.15, 0.2) is 12.8 Å². The van der Waals surface area contributed by atoms with Crippen LogP contribution in [0.4, 0.5) is 0 Å². The van der Waals surface area contributed by atoms with Crippen molar-refractivity contribution in [3.05, 3.63) is 64.4 Å². The minimum atomic E-state index is -0.829. The first-order chi connectivity index (χ1) is 13.3. The van der Waals surface area contributed by atoms with Crippen molar-refractivity contribution in [2.45, 2.75) is 45.9 Å². The second kappa shape index (κ2) is 7.80. The topological polar surface area (TPSA) is 83.3 Å². The molecular formula is C21H23N3O4. The summed E-state index contributed by atoms with van der Waals surface area (Å²) in [5.41, 5.74) is 1.33. The van der Waals surface area contributed by atoms with E-state index in [2.05, 4.69) is 31.1 Å². The molecule has 0 spiro atoms. The van der Waals surface area contributed by atoms with Crippen LogP contribution in [0.3, 0.4) is 0 Å². The van der Waals surface area contributed by atoms with Crippen LogP contribution in [0.2, 0.25) is 0 Å². The van der Waals surface area contributed by atoms with Crippen molar-refractivity contribution in [1.82, 2.24) is 15.0 Å². The van der Waals surface area contributed by atoms with E-state index < -0.39 is 12.1 Å². The molecule has 0 N–H and O–H groups in total. The maximum Gasteiger partial charge on any atom is 0.348 e. The minimum absolute atomic E-state index is 0.0389. The van der Waals surface area contributed by atoms with Crippen molar-refractivity contribution in [3.8, 4) is 5.75 Å². The van der Waals surface area contributed by atoms with Gasteiger partial charge < -0.3 is 9.47 Å². The van der Waals surface area contributed by atoms with E-state index in [1.165, 1.54) is 5.56 Å². The maximum absolute atomic E-state index is 12.4. The second-order valence-electron chi connectivity index (χ2n) is 7.54. The largest absolute Gasteiger partial charge is 0.479 e. The third-order valence-corrected chi connectivity index (χ3v) is 4.32. The molecule has 2 aromatic carbocycles. The molecule has 0 saturated carbocycles. The lowest BCUT2D eigenvalue weighted by Crippen LogP contribution is -2.31. The van der Waals surface area contributed by atoms with Gasteiger partial charge in [-0.15, -0.1) is 5.10 Å². The number of ether oxygens (including phenoxy) is 2. The van der Waals surface area contributed by atoms with Gasteiger partial charge in [0.05, 0.1) is 5.39 Å². The number of fused-ring (bicyclic) bond motifs is 1. The third-order valence-electron chi connectivity index (χ3n) is 4.32. The first kappa shape index (κ1) is 19.5. The van der Waals surface area contributed by atoms with Crippen LogP contribution in [0.25, 0.3) is 10.9 Å². The molecule has 0 aliphatic rings. The molecule has 0 aliphatic carbocycles. The summed E-state index contributed by atoms with van der Waals surface area (Å²) in [5, 5.41) is 8.16. The van der Waals surface area contributed by atoms with Crippen molar-refractivity contribution < 1.29 is 14.3 Å². The number of rotatable bonds is 5. The first-order valence-electron chi connectivity index (χ1n) is 9.02. The Balaban J connectivity index is 1.62. The Morgan fingerprint density at radius 2 is 1.79 bits per heavy atom. The Labute approximate surface area is 162 Å². The highest BCUT2D eigenvalue weighted by Gasteiger charge is 2.18. The van der Waals surface area contributed by atoms with Gasteiger partial charge in [-0.05, 0) is 42.2 Å². The lowest BCUT2D eigenvalue weighted by molar-refractivity contribution is -0.155. The molecule has 1 atom stereocenters. The number of benzene rings is 2. The minimum Gasteiger partial charge on any atom is -0.479 e. The predicted octanol–water partition coefficient (Wildman–Crippen LogP) is 3.06. The third kappa shape index (κ3) is 4.36. The summed E-state index contributed by atoms with van der Waals surface area (Å²) in [6.07, 6.45) is -0.829. The van der Waals surface area contributed by atoms with Gasteiger partial charge in [0.2, 0.25) is 0 Å².